The van der Waals surface area contributed by atoms with E-state index in [1.165, 1.54) is 0 Å². The quantitative estimate of drug-likeness (QED) is 0.866. The molecule has 4 rings (SSSR count). The Hall–Kier alpha value is -2.51. The number of rotatable bonds is 3. The fourth-order valence-electron chi connectivity index (χ4n) is 3.88. The van der Waals surface area contributed by atoms with Gasteiger partial charge in [-0.1, -0.05) is 31.4 Å². The van der Waals surface area contributed by atoms with Crippen molar-refractivity contribution < 1.29 is 18.4 Å². The Labute approximate surface area is 142 Å². The lowest BCUT2D eigenvalue weighted by Crippen LogP contribution is -2.48. The van der Waals surface area contributed by atoms with Crippen LogP contribution in [0.25, 0.3) is 11.0 Å². The number of carbonyl (C=O) groups excluding carboxylic acids is 2. The van der Waals surface area contributed by atoms with Crippen LogP contribution in [0.15, 0.2) is 24.3 Å². The van der Waals surface area contributed by atoms with Crippen LogP contribution >= 0.6 is 0 Å². The molecule has 132 valence electrons. The summed E-state index contributed by atoms with van der Waals surface area (Å²) in [5.74, 6) is -0.322. The lowest BCUT2D eigenvalue weighted by Gasteiger charge is -2.30. The Morgan fingerprint density at radius 1 is 1.16 bits per heavy atom. The van der Waals surface area contributed by atoms with E-state index >= 15 is 0 Å². The maximum Gasteiger partial charge on any atom is 0.325 e. The van der Waals surface area contributed by atoms with Gasteiger partial charge in [-0.25, -0.2) is 9.78 Å². The zero-order valence-electron chi connectivity index (χ0n) is 13.5. The highest BCUT2D eigenvalue weighted by molar-refractivity contribution is 6.07. The number of imide groups is 1. The molecule has 1 aromatic carbocycles. The number of halogens is 2. The number of nitrogens with one attached hydrogen (secondary N) is 1. The third kappa shape index (κ3) is 2.47. The van der Waals surface area contributed by atoms with Crippen LogP contribution in [0.2, 0.25) is 0 Å². The van der Waals surface area contributed by atoms with Gasteiger partial charge in [-0.15, -0.1) is 0 Å². The molecule has 0 unspecified atom stereocenters. The maximum absolute atomic E-state index is 13.5. The second-order valence-corrected chi connectivity index (χ2v) is 6.63. The molecular formula is C17H18F2N4O2. The minimum absolute atomic E-state index is 0.00700. The number of alkyl halides is 2. The summed E-state index contributed by atoms with van der Waals surface area (Å²) in [5.41, 5.74) is -0.166. The van der Waals surface area contributed by atoms with Crippen LogP contribution in [0.3, 0.4) is 0 Å². The molecule has 1 aromatic heterocycles. The van der Waals surface area contributed by atoms with Gasteiger partial charge in [0.05, 0.1) is 17.6 Å². The normalized spacial score (nSPS) is 20.0. The average Bonchev–Trinajstić information content (AvgIpc) is 3.07. The Balaban J connectivity index is 1.68. The van der Waals surface area contributed by atoms with Crippen molar-refractivity contribution in [3.63, 3.8) is 0 Å². The number of fused-ring (bicyclic) bond motifs is 1. The van der Waals surface area contributed by atoms with Crippen LogP contribution in [-0.4, -0.2) is 31.9 Å². The molecule has 6 nitrogen and oxygen atoms in total. The Morgan fingerprint density at radius 3 is 2.60 bits per heavy atom. The number of hydrogen-bond donors (Lipinski definition) is 1. The molecule has 1 spiro atoms. The molecule has 1 aliphatic heterocycles. The first kappa shape index (κ1) is 16.0. The SMILES string of the molecule is O=C1NC2(CCCCC2)C(=O)N1Cc1nc2ccccc2n1C(F)F. The van der Waals surface area contributed by atoms with Gasteiger partial charge in [-0.3, -0.25) is 14.3 Å². The molecule has 2 heterocycles. The highest BCUT2D eigenvalue weighted by Gasteiger charge is 2.51. The van der Waals surface area contributed by atoms with E-state index < -0.39 is 18.1 Å². The standard InChI is InChI=1S/C17H18F2N4O2/c18-15(19)23-12-7-3-2-6-11(12)20-13(23)10-22-14(24)17(21-16(22)25)8-4-1-5-9-17/h2-3,6-7,15H,1,4-5,8-10H2,(H,21,25). The van der Waals surface area contributed by atoms with E-state index in [1.54, 1.807) is 24.3 Å². The highest BCUT2D eigenvalue weighted by atomic mass is 19.3. The van der Waals surface area contributed by atoms with E-state index in [0.717, 1.165) is 28.7 Å². The molecule has 0 atom stereocenters. The first-order valence-corrected chi connectivity index (χ1v) is 8.40. The van der Waals surface area contributed by atoms with Crippen LogP contribution in [0.4, 0.5) is 13.6 Å². The Kier molecular flexibility index (Phi) is 3.70. The third-order valence-electron chi connectivity index (χ3n) is 5.12. The van der Waals surface area contributed by atoms with Crippen molar-refractivity contribution >= 4 is 23.0 Å². The minimum atomic E-state index is -2.80. The van der Waals surface area contributed by atoms with Gasteiger partial charge in [0.2, 0.25) is 0 Å². The summed E-state index contributed by atoms with van der Waals surface area (Å²) in [6.45, 7) is -3.06. The second-order valence-electron chi connectivity index (χ2n) is 6.63. The summed E-state index contributed by atoms with van der Waals surface area (Å²) >= 11 is 0. The first-order chi connectivity index (χ1) is 12.0. The molecule has 3 amide bonds. The number of aromatic nitrogens is 2. The lowest BCUT2D eigenvalue weighted by atomic mass is 9.82. The predicted octanol–water partition coefficient (Wildman–Crippen LogP) is 3.19. The zero-order valence-corrected chi connectivity index (χ0v) is 13.5. The van der Waals surface area contributed by atoms with Crippen molar-refractivity contribution in [2.45, 2.75) is 50.7 Å². The number of amides is 3. The van der Waals surface area contributed by atoms with Crippen molar-refractivity contribution in [3.8, 4) is 0 Å². The first-order valence-electron chi connectivity index (χ1n) is 8.40. The van der Waals surface area contributed by atoms with Gasteiger partial charge in [0.25, 0.3) is 5.91 Å². The van der Waals surface area contributed by atoms with E-state index in [1.807, 2.05) is 0 Å². The third-order valence-corrected chi connectivity index (χ3v) is 5.12. The molecule has 1 N–H and O–H groups in total. The molecule has 2 aromatic rings. The van der Waals surface area contributed by atoms with E-state index in [0.29, 0.717) is 18.4 Å². The summed E-state index contributed by atoms with van der Waals surface area (Å²) < 4.78 is 27.8. The summed E-state index contributed by atoms with van der Waals surface area (Å²) in [4.78, 5) is 30.4. The molecular weight excluding hydrogens is 330 g/mol. The van der Waals surface area contributed by atoms with Crippen LogP contribution < -0.4 is 5.32 Å². The second kappa shape index (κ2) is 5.79. The molecule has 1 saturated heterocycles. The van der Waals surface area contributed by atoms with Crippen molar-refractivity contribution in [1.29, 1.82) is 0 Å². The van der Waals surface area contributed by atoms with Crippen LogP contribution in [0.5, 0.6) is 0 Å². The number of carbonyl (C=O) groups is 2. The topological polar surface area (TPSA) is 67.2 Å². The summed E-state index contributed by atoms with van der Waals surface area (Å²) in [6, 6.07) is 6.01. The van der Waals surface area contributed by atoms with Crippen LogP contribution in [0, 0.1) is 0 Å². The van der Waals surface area contributed by atoms with Crippen molar-refractivity contribution in [2.75, 3.05) is 0 Å². The van der Waals surface area contributed by atoms with E-state index in [4.69, 9.17) is 0 Å². The number of para-hydroxylation sites is 2. The molecule has 1 aliphatic carbocycles. The van der Waals surface area contributed by atoms with E-state index in [2.05, 4.69) is 10.3 Å². The number of hydrogen-bond acceptors (Lipinski definition) is 3. The van der Waals surface area contributed by atoms with Crippen LogP contribution in [0.1, 0.15) is 44.5 Å². The maximum atomic E-state index is 13.5. The van der Waals surface area contributed by atoms with Crippen molar-refractivity contribution in [3.05, 3.63) is 30.1 Å². The Bertz CT molecular complexity index is 842. The van der Waals surface area contributed by atoms with Gasteiger partial charge < -0.3 is 5.32 Å². The number of nitrogens with zero attached hydrogens (tertiary/aromatic N) is 3. The molecule has 0 bridgehead atoms. The van der Waals surface area contributed by atoms with Gasteiger partial charge >= 0.3 is 12.6 Å². The number of benzene rings is 1. The van der Waals surface area contributed by atoms with Gasteiger partial charge in [-0.05, 0) is 25.0 Å². The van der Waals surface area contributed by atoms with Gasteiger partial charge in [0.15, 0.2) is 0 Å². The molecule has 2 aliphatic rings. The summed E-state index contributed by atoms with van der Waals surface area (Å²) in [6.07, 6.45) is 3.97. The molecule has 0 radical (unpaired) electrons. The number of urea groups is 1. The smallest absolute Gasteiger partial charge is 0.323 e. The molecule has 2 fully saturated rings. The largest absolute Gasteiger partial charge is 0.325 e. The zero-order chi connectivity index (χ0) is 17.6. The van der Waals surface area contributed by atoms with E-state index in [-0.39, 0.29) is 23.8 Å². The van der Waals surface area contributed by atoms with Gasteiger partial charge in [-0.2, -0.15) is 8.78 Å². The predicted molar refractivity (Wildman–Crippen MR) is 85.9 cm³/mol. The Morgan fingerprint density at radius 2 is 1.88 bits per heavy atom. The van der Waals surface area contributed by atoms with Crippen molar-refractivity contribution in [1.82, 2.24) is 19.8 Å². The van der Waals surface area contributed by atoms with Gasteiger partial charge in [0.1, 0.15) is 11.4 Å². The molecule has 25 heavy (non-hydrogen) atoms. The summed E-state index contributed by atoms with van der Waals surface area (Å²) in [5, 5.41) is 2.78. The molecule has 8 heteroatoms. The molecule has 1 saturated carbocycles. The number of imidazole rings is 1. The van der Waals surface area contributed by atoms with Crippen molar-refractivity contribution in [2.24, 2.45) is 0 Å². The minimum Gasteiger partial charge on any atom is -0.323 e. The van der Waals surface area contributed by atoms with E-state index in [9.17, 15) is 18.4 Å². The van der Waals surface area contributed by atoms with Gasteiger partial charge in [0, 0.05) is 0 Å². The van der Waals surface area contributed by atoms with Crippen LogP contribution in [-0.2, 0) is 11.3 Å². The highest BCUT2D eigenvalue weighted by Crippen LogP contribution is 2.34. The summed E-state index contributed by atoms with van der Waals surface area (Å²) in [7, 11) is 0. The monoisotopic (exact) mass is 348 g/mol. The fourth-order valence-corrected chi connectivity index (χ4v) is 3.88. The lowest BCUT2D eigenvalue weighted by molar-refractivity contribution is -0.133. The average molecular weight is 348 g/mol. The fraction of sp³-hybridized carbons (Fsp3) is 0.471.